The van der Waals surface area contributed by atoms with Gasteiger partial charge in [-0.05, 0) is 42.8 Å². The van der Waals surface area contributed by atoms with Crippen molar-refractivity contribution in [3.63, 3.8) is 0 Å². The van der Waals surface area contributed by atoms with Crippen LogP contribution in [-0.4, -0.2) is 17.6 Å². The lowest BCUT2D eigenvalue weighted by Crippen LogP contribution is -2.16. The fourth-order valence-electron chi connectivity index (χ4n) is 2.01. The van der Waals surface area contributed by atoms with E-state index in [1.165, 1.54) is 18.7 Å². The number of amides is 2. The normalized spacial score (nSPS) is 10.3. The molecular formula is C17H16Cl2N2O2S. The van der Waals surface area contributed by atoms with Crippen LogP contribution in [0, 0.1) is 6.92 Å². The number of benzene rings is 2. The van der Waals surface area contributed by atoms with Crippen LogP contribution in [0.1, 0.15) is 12.5 Å². The molecule has 0 radical (unpaired) electrons. The zero-order valence-electron chi connectivity index (χ0n) is 13.2. The molecule has 0 fully saturated rings. The van der Waals surface area contributed by atoms with Crippen LogP contribution >= 0.6 is 35.0 Å². The van der Waals surface area contributed by atoms with Gasteiger partial charge in [-0.25, -0.2) is 0 Å². The maximum absolute atomic E-state index is 12.2. The fraction of sp³-hybridized carbons (Fsp3) is 0.176. The van der Waals surface area contributed by atoms with Gasteiger partial charge < -0.3 is 10.6 Å². The second-order valence-corrected chi connectivity index (χ2v) is 6.93. The number of rotatable bonds is 5. The lowest BCUT2D eigenvalue weighted by Gasteiger charge is -2.13. The number of nitrogens with one attached hydrogen (secondary N) is 2. The molecular weight excluding hydrogens is 367 g/mol. The van der Waals surface area contributed by atoms with E-state index in [-0.39, 0.29) is 17.6 Å². The number of hydrogen-bond acceptors (Lipinski definition) is 3. The van der Waals surface area contributed by atoms with Gasteiger partial charge in [0.1, 0.15) is 0 Å². The van der Waals surface area contributed by atoms with Crippen LogP contribution in [-0.2, 0) is 9.59 Å². The smallest absolute Gasteiger partial charge is 0.234 e. The van der Waals surface area contributed by atoms with Crippen molar-refractivity contribution in [1.82, 2.24) is 0 Å². The van der Waals surface area contributed by atoms with E-state index < -0.39 is 0 Å². The predicted octanol–water partition coefficient (Wildman–Crippen LogP) is 4.99. The first-order valence-corrected chi connectivity index (χ1v) is 8.86. The van der Waals surface area contributed by atoms with Gasteiger partial charge in [0.25, 0.3) is 0 Å². The maximum Gasteiger partial charge on any atom is 0.234 e. The van der Waals surface area contributed by atoms with Gasteiger partial charge in [0.2, 0.25) is 11.8 Å². The Morgan fingerprint density at radius 3 is 2.42 bits per heavy atom. The second kappa shape index (κ2) is 8.42. The van der Waals surface area contributed by atoms with E-state index in [1.807, 2.05) is 6.92 Å². The molecule has 0 spiro atoms. The Labute approximate surface area is 154 Å². The molecule has 4 nitrogen and oxygen atoms in total. The van der Waals surface area contributed by atoms with Crippen molar-refractivity contribution in [3.8, 4) is 0 Å². The van der Waals surface area contributed by atoms with Crippen LogP contribution < -0.4 is 10.6 Å². The monoisotopic (exact) mass is 382 g/mol. The minimum absolute atomic E-state index is 0.160. The summed E-state index contributed by atoms with van der Waals surface area (Å²) in [6, 6.07) is 10.5. The van der Waals surface area contributed by atoms with E-state index in [4.69, 9.17) is 23.2 Å². The average Bonchev–Trinajstić information content (AvgIpc) is 2.52. The summed E-state index contributed by atoms with van der Waals surface area (Å²) in [6.07, 6.45) is 0. The highest BCUT2D eigenvalue weighted by molar-refractivity contribution is 8.00. The second-order valence-electron chi connectivity index (χ2n) is 5.07. The van der Waals surface area contributed by atoms with Crippen molar-refractivity contribution in [2.75, 3.05) is 16.4 Å². The van der Waals surface area contributed by atoms with Crippen LogP contribution in [0.4, 0.5) is 11.4 Å². The molecule has 24 heavy (non-hydrogen) atoms. The molecule has 0 aliphatic carbocycles. The minimum Gasteiger partial charge on any atom is -0.326 e. The predicted molar refractivity (Wildman–Crippen MR) is 101 cm³/mol. The lowest BCUT2D eigenvalue weighted by atomic mass is 10.1. The van der Waals surface area contributed by atoms with E-state index in [2.05, 4.69) is 10.6 Å². The number of halogens is 2. The molecule has 2 aromatic carbocycles. The summed E-state index contributed by atoms with van der Waals surface area (Å²) < 4.78 is 0. The third-order valence-electron chi connectivity index (χ3n) is 3.17. The Kier molecular flexibility index (Phi) is 6.54. The zero-order chi connectivity index (χ0) is 17.7. The summed E-state index contributed by atoms with van der Waals surface area (Å²) in [5.41, 5.74) is 2.13. The molecule has 0 heterocycles. The highest BCUT2D eigenvalue weighted by Crippen LogP contribution is 2.30. The molecule has 0 saturated carbocycles. The molecule has 2 aromatic rings. The van der Waals surface area contributed by atoms with Gasteiger partial charge in [-0.1, -0.05) is 29.3 Å². The van der Waals surface area contributed by atoms with Gasteiger partial charge in [0.05, 0.1) is 10.8 Å². The van der Waals surface area contributed by atoms with Crippen molar-refractivity contribution < 1.29 is 9.59 Å². The van der Waals surface area contributed by atoms with E-state index in [0.717, 1.165) is 10.5 Å². The highest BCUT2D eigenvalue weighted by atomic mass is 35.5. The van der Waals surface area contributed by atoms with Crippen LogP contribution in [0.15, 0.2) is 41.3 Å². The quantitative estimate of drug-likeness (QED) is 0.715. The van der Waals surface area contributed by atoms with Crippen LogP contribution in [0.5, 0.6) is 0 Å². The highest BCUT2D eigenvalue weighted by Gasteiger charge is 2.10. The molecule has 0 saturated heterocycles. The molecule has 7 heteroatoms. The van der Waals surface area contributed by atoms with Crippen molar-refractivity contribution in [1.29, 1.82) is 0 Å². The molecule has 0 aromatic heterocycles. The largest absolute Gasteiger partial charge is 0.326 e. The first-order valence-electron chi connectivity index (χ1n) is 7.11. The summed E-state index contributed by atoms with van der Waals surface area (Å²) in [6.45, 7) is 3.28. The molecule has 0 atom stereocenters. The molecule has 2 rings (SSSR count). The average molecular weight is 383 g/mol. The Morgan fingerprint density at radius 1 is 1.08 bits per heavy atom. The van der Waals surface area contributed by atoms with Crippen molar-refractivity contribution >= 4 is 58.2 Å². The minimum atomic E-state index is -0.167. The van der Waals surface area contributed by atoms with Gasteiger partial charge >= 0.3 is 0 Å². The molecule has 0 bridgehead atoms. The number of hydrogen-bond donors (Lipinski definition) is 2. The van der Waals surface area contributed by atoms with E-state index in [9.17, 15) is 9.59 Å². The standard InChI is InChI=1S/C17H16Cl2N2O2S/c1-10-14(20-11(2)22)4-3-5-15(10)21-17(23)9-24-16-8-12(18)6-7-13(16)19/h3-8H,9H2,1-2H3,(H,20,22)(H,21,23). The van der Waals surface area contributed by atoms with Crippen LogP contribution in [0.3, 0.4) is 0 Å². The van der Waals surface area contributed by atoms with Gasteiger partial charge in [0.15, 0.2) is 0 Å². The van der Waals surface area contributed by atoms with Crippen LogP contribution in [0.2, 0.25) is 10.0 Å². The molecule has 0 aliphatic heterocycles. The lowest BCUT2D eigenvalue weighted by molar-refractivity contribution is -0.114. The Balaban J connectivity index is 2.02. The van der Waals surface area contributed by atoms with E-state index in [0.29, 0.717) is 21.4 Å². The van der Waals surface area contributed by atoms with Crippen molar-refractivity contribution in [2.45, 2.75) is 18.7 Å². The van der Waals surface area contributed by atoms with E-state index >= 15 is 0 Å². The number of carbonyl (C=O) groups is 2. The topological polar surface area (TPSA) is 58.2 Å². The Morgan fingerprint density at radius 2 is 1.75 bits per heavy atom. The fourth-order valence-corrected chi connectivity index (χ4v) is 3.31. The number of carbonyl (C=O) groups excluding carboxylic acids is 2. The van der Waals surface area contributed by atoms with Crippen molar-refractivity contribution in [3.05, 3.63) is 52.0 Å². The molecule has 126 valence electrons. The Bertz CT molecular complexity index is 781. The van der Waals surface area contributed by atoms with Crippen LogP contribution in [0.25, 0.3) is 0 Å². The van der Waals surface area contributed by atoms with Gasteiger partial charge in [0, 0.05) is 28.2 Å². The van der Waals surface area contributed by atoms with E-state index in [1.54, 1.807) is 36.4 Å². The summed E-state index contributed by atoms with van der Waals surface area (Å²) >= 11 is 13.3. The number of anilines is 2. The molecule has 0 unspecified atom stereocenters. The molecule has 0 aliphatic rings. The molecule has 2 N–H and O–H groups in total. The van der Waals surface area contributed by atoms with Gasteiger partial charge in [-0.15, -0.1) is 11.8 Å². The first-order chi connectivity index (χ1) is 11.4. The van der Waals surface area contributed by atoms with Gasteiger partial charge in [-0.3, -0.25) is 9.59 Å². The zero-order valence-corrected chi connectivity index (χ0v) is 15.5. The van der Waals surface area contributed by atoms with Gasteiger partial charge in [-0.2, -0.15) is 0 Å². The summed E-state index contributed by atoms with van der Waals surface area (Å²) in [7, 11) is 0. The summed E-state index contributed by atoms with van der Waals surface area (Å²) in [5, 5.41) is 6.70. The van der Waals surface area contributed by atoms with Crippen molar-refractivity contribution in [2.24, 2.45) is 0 Å². The third kappa shape index (κ3) is 5.16. The SMILES string of the molecule is CC(=O)Nc1cccc(NC(=O)CSc2cc(Cl)ccc2Cl)c1C. The summed E-state index contributed by atoms with van der Waals surface area (Å²) in [5.74, 6) is -0.129. The third-order valence-corrected chi connectivity index (χ3v) is 4.90. The first kappa shape index (κ1) is 18.6. The summed E-state index contributed by atoms with van der Waals surface area (Å²) in [4.78, 5) is 24.1. The Hall–Kier alpha value is -1.69. The molecule has 2 amide bonds. The number of thioether (sulfide) groups is 1. The maximum atomic E-state index is 12.2.